The Morgan fingerprint density at radius 2 is 1.48 bits per heavy atom. The number of aliphatic hydroxyl groups is 1. The molecule has 6 atom stereocenters. The summed E-state index contributed by atoms with van der Waals surface area (Å²) in [6.45, 7) is 6.22. The standard InChI is InChI=1S/C39H51N5O8/c1-39(2,3)34(44-38(49)51-5)36(47)41-29(21-26-14-16-27(17-15-26)30-13-9-10-19-40-30)23-32(45)31(22-25-11-7-6-8-12-25)42-35(46)33(43-37(48)50-4)28-18-20-52-24-28/h6-17,19,28-29,31-34,45H,18,20-24H2,1-5H3,(H,41,47)(H,42,46)(H,43,48)(H,44,49)/t28-,29-,31-,32-,33-,34+/m0/s1. The van der Waals surface area contributed by atoms with E-state index in [0.29, 0.717) is 19.4 Å². The number of carbonyl (C=O) groups excluding carboxylic acids is 4. The molecular formula is C39H51N5O8. The topological polar surface area (TPSA) is 177 Å². The molecule has 1 aliphatic rings. The van der Waals surface area contributed by atoms with Crippen LogP contribution in [0.2, 0.25) is 0 Å². The van der Waals surface area contributed by atoms with Crippen LogP contribution >= 0.6 is 0 Å². The summed E-state index contributed by atoms with van der Waals surface area (Å²) in [5.74, 6) is -1.22. The van der Waals surface area contributed by atoms with Gasteiger partial charge in [-0.15, -0.1) is 0 Å². The zero-order valence-electron chi connectivity index (χ0n) is 30.5. The van der Waals surface area contributed by atoms with Crippen molar-refractivity contribution in [2.75, 3.05) is 27.4 Å². The van der Waals surface area contributed by atoms with Crippen LogP contribution in [0.4, 0.5) is 9.59 Å². The van der Waals surface area contributed by atoms with Crippen molar-refractivity contribution in [3.63, 3.8) is 0 Å². The Bertz CT molecular complexity index is 1590. The highest BCUT2D eigenvalue weighted by Gasteiger charge is 2.37. The second-order valence-electron chi connectivity index (χ2n) is 14.1. The fraction of sp³-hybridized carbons (Fsp3) is 0.462. The van der Waals surface area contributed by atoms with E-state index in [-0.39, 0.29) is 25.4 Å². The van der Waals surface area contributed by atoms with Crippen molar-refractivity contribution in [1.82, 2.24) is 26.3 Å². The van der Waals surface area contributed by atoms with Gasteiger partial charge < -0.3 is 40.6 Å². The number of pyridine rings is 1. The maximum atomic E-state index is 13.9. The van der Waals surface area contributed by atoms with Gasteiger partial charge in [0.05, 0.1) is 38.7 Å². The number of rotatable bonds is 15. The lowest BCUT2D eigenvalue weighted by Gasteiger charge is -2.33. The Morgan fingerprint density at radius 3 is 2.08 bits per heavy atom. The minimum atomic E-state index is -1.15. The molecule has 0 radical (unpaired) electrons. The molecule has 1 saturated heterocycles. The van der Waals surface area contributed by atoms with Crippen molar-refractivity contribution in [3.05, 3.63) is 90.1 Å². The second-order valence-corrected chi connectivity index (χ2v) is 14.1. The smallest absolute Gasteiger partial charge is 0.407 e. The summed E-state index contributed by atoms with van der Waals surface area (Å²) in [5, 5.41) is 23.3. The van der Waals surface area contributed by atoms with E-state index in [9.17, 15) is 24.3 Å². The van der Waals surface area contributed by atoms with Gasteiger partial charge in [0.2, 0.25) is 11.8 Å². The largest absolute Gasteiger partial charge is 0.453 e. The van der Waals surface area contributed by atoms with Crippen LogP contribution in [0.15, 0.2) is 79.0 Å². The van der Waals surface area contributed by atoms with Crippen LogP contribution in [-0.2, 0) is 36.6 Å². The monoisotopic (exact) mass is 717 g/mol. The Balaban J connectivity index is 1.62. The van der Waals surface area contributed by atoms with Gasteiger partial charge in [-0.05, 0) is 54.4 Å². The second kappa shape index (κ2) is 19.0. The highest BCUT2D eigenvalue weighted by molar-refractivity contribution is 5.87. The molecule has 5 N–H and O–H groups in total. The molecule has 280 valence electrons. The van der Waals surface area contributed by atoms with Crippen molar-refractivity contribution in [3.8, 4) is 11.3 Å². The maximum absolute atomic E-state index is 13.9. The van der Waals surface area contributed by atoms with Gasteiger partial charge in [-0.3, -0.25) is 14.6 Å². The van der Waals surface area contributed by atoms with E-state index in [4.69, 9.17) is 14.2 Å². The molecule has 2 aromatic carbocycles. The third kappa shape index (κ3) is 11.8. The van der Waals surface area contributed by atoms with Gasteiger partial charge in [0.15, 0.2) is 0 Å². The first kappa shape index (κ1) is 39.8. The lowest BCUT2D eigenvalue weighted by Crippen LogP contribution is -2.58. The van der Waals surface area contributed by atoms with Crippen LogP contribution in [0.25, 0.3) is 11.3 Å². The van der Waals surface area contributed by atoms with E-state index in [1.165, 1.54) is 14.2 Å². The molecule has 0 bridgehead atoms. The Morgan fingerprint density at radius 1 is 0.827 bits per heavy atom. The minimum Gasteiger partial charge on any atom is -0.453 e. The molecule has 13 nitrogen and oxygen atoms in total. The molecule has 4 rings (SSSR count). The molecular weight excluding hydrogens is 666 g/mol. The number of alkyl carbamates (subject to hydrolysis) is 2. The van der Waals surface area contributed by atoms with Crippen LogP contribution in [0.3, 0.4) is 0 Å². The summed E-state index contributed by atoms with van der Waals surface area (Å²) < 4.78 is 15.1. The fourth-order valence-corrected chi connectivity index (χ4v) is 6.24. The SMILES string of the molecule is COC(=O)N[C@H](C(=O)N[C@@H](Cc1ccccc1)[C@@H](O)C[C@H](Cc1ccc(-c2ccccn2)cc1)NC(=O)[C@@H](NC(=O)OC)C(C)(C)C)[C@H]1CCOC1. The number of methoxy groups -OCH3 is 2. The summed E-state index contributed by atoms with van der Waals surface area (Å²) in [4.78, 5) is 56.6. The number of ether oxygens (including phenoxy) is 3. The number of hydrogen-bond donors (Lipinski definition) is 5. The van der Waals surface area contributed by atoms with Crippen LogP contribution in [-0.4, -0.2) is 91.8 Å². The van der Waals surface area contributed by atoms with Gasteiger partial charge in [0.1, 0.15) is 12.1 Å². The molecule has 0 saturated carbocycles. The number of hydrogen-bond acceptors (Lipinski definition) is 9. The van der Waals surface area contributed by atoms with E-state index < -0.39 is 59.7 Å². The van der Waals surface area contributed by atoms with Crippen molar-refractivity contribution in [2.24, 2.45) is 11.3 Å². The number of aliphatic hydroxyl groups excluding tert-OH is 1. The first-order valence-corrected chi connectivity index (χ1v) is 17.5. The lowest BCUT2D eigenvalue weighted by atomic mass is 9.85. The third-order valence-electron chi connectivity index (χ3n) is 9.11. The predicted octanol–water partition coefficient (Wildman–Crippen LogP) is 3.79. The number of amides is 4. The van der Waals surface area contributed by atoms with E-state index in [1.807, 2.05) is 93.6 Å². The molecule has 0 spiro atoms. The van der Waals surface area contributed by atoms with Gasteiger partial charge in [0, 0.05) is 30.3 Å². The molecule has 3 aromatic rings. The Labute approximate surface area is 305 Å². The van der Waals surface area contributed by atoms with Gasteiger partial charge in [0.25, 0.3) is 0 Å². The first-order chi connectivity index (χ1) is 24.9. The van der Waals surface area contributed by atoms with Gasteiger partial charge in [-0.25, -0.2) is 9.59 Å². The van der Waals surface area contributed by atoms with Crippen LogP contribution in [0.5, 0.6) is 0 Å². The highest BCUT2D eigenvalue weighted by Crippen LogP contribution is 2.23. The lowest BCUT2D eigenvalue weighted by molar-refractivity contribution is -0.127. The Hall–Kier alpha value is -5.01. The molecule has 1 fully saturated rings. The van der Waals surface area contributed by atoms with E-state index >= 15 is 0 Å². The maximum Gasteiger partial charge on any atom is 0.407 e. The van der Waals surface area contributed by atoms with E-state index in [0.717, 1.165) is 22.4 Å². The number of aromatic nitrogens is 1. The number of carbonyl (C=O) groups is 4. The normalized spacial score (nSPS) is 17.1. The van der Waals surface area contributed by atoms with Crippen LogP contribution in [0.1, 0.15) is 44.7 Å². The van der Waals surface area contributed by atoms with Crippen molar-refractivity contribution in [1.29, 1.82) is 0 Å². The quantitative estimate of drug-likeness (QED) is 0.157. The van der Waals surface area contributed by atoms with E-state index in [2.05, 4.69) is 26.3 Å². The number of nitrogens with one attached hydrogen (secondary N) is 4. The summed E-state index contributed by atoms with van der Waals surface area (Å²) >= 11 is 0. The molecule has 1 aromatic heterocycles. The van der Waals surface area contributed by atoms with E-state index in [1.54, 1.807) is 6.20 Å². The van der Waals surface area contributed by atoms with Crippen molar-refractivity contribution >= 4 is 24.0 Å². The summed E-state index contributed by atoms with van der Waals surface area (Å²) in [5.41, 5.74) is 2.82. The number of benzene rings is 2. The molecule has 4 amide bonds. The third-order valence-corrected chi connectivity index (χ3v) is 9.11. The molecule has 0 unspecified atom stereocenters. The average molecular weight is 718 g/mol. The van der Waals surface area contributed by atoms with Gasteiger partial charge in [-0.1, -0.05) is 81.4 Å². The molecule has 52 heavy (non-hydrogen) atoms. The summed E-state index contributed by atoms with van der Waals surface area (Å²) in [6.07, 6.45) is 0.291. The minimum absolute atomic E-state index is 0.0439. The van der Waals surface area contributed by atoms with Crippen LogP contribution in [0, 0.1) is 11.3 Å². The van der Waals surface area contributed by atoms with Crippen molar-refractivity contribution < 1.29 is 38.5 Å². The zero-order valence-corrected chi connectivity index (χ0v) is 30.5. The van der Waals surface area contributed by atoms with Gasteiger partial charge >= 0.3 is 12.2 Å². The Kier molecular flexibility index (Phi) is 14.5. The van der Waals surface area contributed by atoms with Gasteiger partial charge in [-0.2, -0.15) is 0 Å². The molecule has 0 aliphatic carbocycles. The summed E-state index contributed by atoms with van der Waals surface area (Å²) in [6, 6.07) is 19.5. The number of nitrogens with zero attached hydrogens (tertiary/aromatic N) is 1. The first-order valence-electron chi connectivity index (χ1n) is 17.5. The summed E-state index contributed by atoms with van der Waals surface area (Å²) in [7, 11) is 2.45. The van der Waals surface area contributed by atoms with Crippen LogP contribution < -0.4 is 21.3 Å². The molecule has 1 aliphatic heterocycles. The predicted molar refractivity (Wildman–Crippen MR) is 195 cm³/mol. The molecule has 2 heterocycles. The van der Waals surface area contributed by atoms with Crippen molar-refractivity contribution in [2.45, 2.75) is 76.7 Å². The molecule has 13 heteroatoms. The highest BCUT2D eigenvalue weighted by atomic mass is 16.5. The fourth-order valence-electron chi connectivity index (χ4n) is 6.24. The zero-order chi connectivity index (χ0) is 37.7. The average Bonchev–Trinajstić information content (AvgIpc) is 3.67.